The summed E-state index contributed by atoms with van der Waals surface area (Å²) in [5, 5.41) is 165. The third kappa shape index (κ3) is 8.64. The Labute approximate surface area is 420 Å². The zero-order valence-corrected chi connectivity index (χ0v) is 39.4. The molecule has 4 aromatic carbocycles. The predicted octanol–water partition coefficient (Wildman–Crippen LogP) is -5.13. The van der Waals surface area contributed by atoms with Crippen LogP contribution in [0.25, 0.3) is 0 Å². The van der Waals surface area contributed by atoms with Gasteiger partial charge in [0, 0.05) is 41.7 Å². The average molecular weight is 1060 g/mol. The number of ketones is 4. The molecule has 4 aromatic rings. The Bertz CT molecular complexity index is 3040. The molecule has 28 heteroatoms. The zero-order valence-electron chi connectivity index (χ0n) is 38.3. The van der Waals surface area contributed by atoms with Crippen LogP contribution in [0.3, 0.4) is 0 Å². The number of phenols is 4. The number of carboxylic acid groups (broad SMARTS) is 2. The lowest BCUT2D eigenvalue weighted by Gasteiger charge is -2.46. The van der Waals surface area contributed by atoms with Crippen molar-refractivity contribution in [2.24, 2.45) is 11.8 Å². The molecule has 4 aliphatic carbocycles. The van der Waals surface area contributed by atoms with Crippen LogP contribution in [0.15, 0.2) is 18.2 Å². The number of ether oxygens (including phenoxy) is 2. The maximum atomic E-state index is 14.5. The summed E-state index contributed by atoms with van der Waals surface area (Å²) in [4.78, 5) is 76.7. The number of aliphatic hydroxyl groups is 7. The van der Waals surface area contributed by atoms with Gasteiger partial charge in [0.15, 0.2) is 17.3 Å². The molecule has 4 aliphatic rings. The second-order valence-corrected chi connectivity index (χ2v) is 18.2. The molecule has 2 saturated carbocycles. The van der Waals surface area contributed by atoms with E-state index in [4.69, 9.17) is 17.1 Å². The van der Waals surface area contributed by atoms with Gasteiger partial charge >= 0.3 is 39.4 Å². The number of aromatic hydroxyl groups is 4. The maximum Gasteiger partial charge on any atom is 0.882 e. The predicted molar refractivity (Wildman–Crippen MR) is 241 cm³/mol. The molecule has 27 nitrogen and oxygen atoms in total. The van der Waals surface area contributed by atoms with Crippen LogP contribution in [0.1, 0.15) is 98.8 Å². The summed E-state index contributed by atoms with van der Waals surface area (Å²) in [6.45, 7) is 0.703. The van der Waals surface area contributed by atoms with Gasteiger partial charge < -0.3 is 105 Å². The van der Waals surface area contributed by atoms with Crippen molar-refractivity contribution in [2.45, 2.75) is 75.5 Å². The maximum absolute atomic E-state index is 14.5. The normalized spacial score (nSPS) is 24.7. The van der Waals surface area contributed by atoms with Gasteiger partial charge in [0.1, 0.15) is 63.6 Å². The number of aromatic carboxylic acids is 2. The van der Waals surface area contributed by atoms with Gasteiger partial charge in [-0.2, -0.15) is 0 Å². The first-order valence-electron chi connectivity index (χ1n) is 21.6. The van der Waals surface area contributed by atoms with Gasteiger partial charge in [0.05, 0.1) is 46.9 Å². The largest absolute Gasteiger partial charge is 0.882 e. The molecule has 74 heavy (non-hydrogen) atoms. The van der Waals surface area contributed by atoms with E-state index in [1.165, 1.54) is 0 Å². The van der Waals surface area contributed by atoms with Gasteiger partial charge in [0.25, 0.3) is 0 Å². The lowest BCUT2D eigenvalue weighted by Crippen LogP contribution is -2.61. The van der Waals surface area contributed by atoms with Crippen LogP contribution in [-0.2, 0) is 5.48 Å². The van der Waals surface area contributed by atoms with E-state index < -0.39 is 251 Å². The van der Waals surface area contributed by atoms with Gasteiger partial charge in [-0.05, 0) is 61.8 Å². The number of fused-ring (bicyclic) bond motifs is 4. The minimum atomic E-state index is -2.46. The van der Waals surface area contributed by atoms with Crippen LogP contribution < -0.4 is 27.3 Å². The SMILES string of the molecule is Cc1c(C(=O)O)c(O)cc2c1C(=O)c1cc(OC3CC(CO)C(O)C(O)C3O)c([O-])c([O][Al][O]c3c(O)c(OC4CC(CO)C(O)C(O)C4[O-])c(O)c4c3C(=[OH+])c3cc(O)c(C(=O)O)c(C)c3C4=O)c1C2=[OH+].O.[OH3+]. The quantitative estimate of drug-likeness (QED) is 0.0403. The lowest BCUT2D eigenvalue weighted by atomic mass is 9.79. The summed E-state index contributed by atoms with van der Waals surface area (Å²) in [5.74, 6) is -20.0. The zero-order chi connectivity index (χ0) is 52.8. The first-order valence-corrected chi connectivity index (χ1v) is 22.5. The fourth-order valence-corrected chi connectivity index (χ4v) is 10.5. The highest BCUT2D eigenvalue weighted by molar-refractivity contribution is 6.34. The molecular formula is C46H47AlO27+. The van der Waals surface area contributed by atoms with Crippen molar-refractivity contribution in [3.63, 3.8) is 0 Å². The Kier molecular flexibility index (Phi) is 15.6. The van der Waals surface area contributed by atoms with Crippen LogP contribution in [0.5, 0.6) is 51.7 Å². The second-order valence-electron chi connectivity index (χ2n) is 17.6. The summed E-state index contributed by atoms with van der Waals surface area (Å²) in [6.07, 6.45) is -15.9. The van der Waals surface area contributed by atoms with Crippen LogP contribution >= 0.6 is 0 Å². The Balaban J connectivity index is 0.00000446. The van der Waals surface area contributed by atoms with Crippen molar-refractivity contribution in [2.75, 3.05) is 13.2 Å². The lowest BCUT2D eigenvalue weighted by molar-refractivity contribution is -0.465. The summed E-state index contributed by atoms with van der Waals surface area (Å²) >= 11 is -2.46. The number of carbonyl (C=O) groups is 4. The molecule has 0 aliphatic heterocycles. The van der Waals surface area contributed by atoms with Gasteiger partial charge in [-0.15, -0.1) is 0 Å². The minimum Gasteiger partial charge on any atom is -0.868 e. The first-order chi connectivity index (χ1) is 33.9. The van der Waals surface area contributed by atoms with E-state index in [1.54, 1.807) is 0 Å². The van der Waals surface area contributed by atoms with Crippen molar-refractivity contribution >= 4 is 51.0 Å². The van der Waals surface area contributed by atoms with Crippen LogP contribution in [0.2, 0.25) is 0 Å². The van der Waals surface area contributed by atoms with Crippen molar-refractivity contribution in [3.8, 4) is 51.7 Å². The summed E-state index contributed by atoms with van der Waals surface area (Å²) in [5.41, 5.74) is -7.66. The molecule has 395 valence electrons. The van der Waals surface area contributed by atoms with E-state index >= 15 is 0 Å². The Morgan fingerprint density at radius 1 is 0.635 bits per heavy atom. The topological polar surface area (TPSA) is 522 Å². The van der Waals surface area contributed by atoms with E-state index in [-0.39, 0.29) is 16.5 Å². The monoisotopic (exact) mass is 1060 g/mol. The second kappa shape index (κ2) is 20.6. The third-order valence-corrected chi connectivity index (χ3v) is 14.2. The fourth-order valence-electron chi connectivity index (χ4n) is 9.79. The molecule has 10 unspecified atom stereocenters. The number of carboxylic acids is 2. The minimum absolute atomic E-state index is 0. The van der Waals surface area contributed by atoms with E-state index in [1.807, 2.05) is 0 Å². The summed E-state index contributed by atoms with van der Waals surface area (Å²) in [7, 11) is 0. The van der Waals surface area contributed by atoms with Gasteiger partial charge in [-0.3, -0.25) is 19.2 Å². The molecule has 0 aromatic heterocycles. The van der Waals surface area contributed by atoms with Gasteiger partial charge in [-0.1, -0.05) is 6.10 Å². The molecule has 2 fully saturated rings. The van der Waals surface area contributed by atoms with Gasteiger partial charge in [-0.25, -0.2) is 9.59 Å². The molecule has 0 heterocycles. The highest BCUT2D eigenvalue weighted by Gasteiger charge is 2.48. The molecule has 1 radical (unpaired) electrons. The Hall–Kier alpha value is -7.17. The molecule has 0 saturated heterocycles. The number of aliphatic hydroxyl groups excluding tert-OH is 7. The van der Waals surface area contributed by atoms with Gasteiger partial charge in [0.2, 0.25) is 11.5 Å². The smallest absolute Gasteiger partial charge is 0.868 e. The third-order valence-electron chi connectivity index (χ3n) is 13.5. The first kappa shape index (κ1) is 56.1. The van der Waals surface area contributed by atoms with Crippen molar-refractivity contribution < 1.29 is 133 Å². The number of rotatable bonds is 12. The number of carbonyl (C=O) groups excluding carboxylic acids is 4. The molecule has 0 spiro atoms. The van der Waals surface area contributed by atoms with E-state index in [2.05, 4.69) is 0 Å². The molecule has 8 rings (SSSR count). The van der Waals surface area contributed by atoms with Crippen LogP contribution in [-0.4, -0.2) is 194 Å². The summed E-state index contributed by atoms with van der Waals surface area (Å²) < 4.78 is 23.2. The van der Waals surface area contributed by atoms with Crippen LogP contribution in [0, 0.1) is 25.7 Å². The highest BCUT2D eigenvalue weighted by atomic mass is 27.2. The Morgan fingerprint density at radius 2 is 1.12 bits per heavy atom. The highest BCUT2D eigenvalue weighted by Crippen LogP contribution is 2.54. The molecule has 20 N–H and O–H groups in total. The van der Waals surface area contributed by atoms with Crippen molar-refractivity contribution in [3.05, 3.63) is 85.0 Å². The Morgan fingerprint density at radius 3 is 1.65 bits per heavy atom. The van der Waals surface area contributed by atoms with Crippen molar-refractivity contribution in [1.82, 2.24) is 0 Å². The average Bonchev–Trinajstić information content (AvgIpc) is 3.32. The van der Waals surface area contributed by atoms with E-state index in [9.17, 15) is 105 Å². The number of hydrogen-bond acceptors (Lipinski definition) is 21. The number of hydrogen-bond donors (Lipinski definition) is 13. The standard InChI is InChI=1S/C23H21O13.C23H22O12.Al.2H2O/c1-5-10-7(3-8(25)11(5)23(34)35)15(27)12-13(17(10)29)19(31)22(21(33)18(12)30)36-9-2-6(4-24)14(26)20(32)16(9)28;1-6-13-8(3-10(25)14(6)23(33)34)18(28)15-9(17(13)27)4-12(19(29)21(15)31)35-11-2-7(5-24)16(26)22(32)20(11)30;;;/h3,6,9,14,16,20,24-26,30-33H,2,4H2,1H3,(H,34,35);3-4,7,11,16,20,22,24-26,29-32H,2,5H2,1H3,(H,33,34);;2*1H2/q-1;;+2;;. The van der Waals surface area contributed by atoms with Crippen molar-refractivity contribution in [1.29, 1.82) is 0 Å². The number of phenolic OH excluding ortho intramolecular Hbond substituents is 2. The van der Waals surface area contributed by atoms with E-state index in [0.717, 1.165) is 26.0 Å². The van der Waals surface area contributed by atoms with E-state index in [0.29, 0.717) is 6.07 Å². The molecule has 0 amide bonds. The van der Waals surface area contributed by atoms with Crippen LogP contribution in [0.4, 0.5) is 0 Å². The summed E-state index contributed by atoms with van der Waals surface area (Å²) in [6, 6.07) is 2.19. The molecule has 0 bridgehead atoms. The number of benzene rings is 4. The molecular weight excluding hydrogens is 1010 g/mol. The fraction of sp³-hybridized carbons (Fsp3) is 0.348. The molecule has 10 atom stereocenters.